The van der Waals surface area contributed by atoms with Crippen LogP contribution in [0.4, 0.5) is 10.6 Å². The topological polar surface area (TPSA) is 68.2 Å². The van der Waals surface area contributed by atoms with Gasteiger partial charge in [-0.3, -0.25) is 10.00 Å². The third-order valence-corrected chi connectivity index (χ3v) is 2.15. The van der Waals surface area contributed by atoms with E-state index in [1.165, 1.54) is 0 Å². The Morgan fingerprint density at radius 3 is 3.12 bits per heavy atom. The second-order valence-electron chi connectivity index (χ2n) is 3.69. The summed E-state index contributed by atoms with van der Waals surface area (Å²) in [4.78, 5) is 11.3. The van der Waals surface area contributed by atoms with Gasteiger partial charge in [0, 0.05) is 39.1 Å². The minimum atomic E-state index is -0.214. The van der Waals surface area contributed by atoms with Crippen molar-refractivity contribution in [1.29, 1.82) is 0 Å². The third kappa shape index (κ3) is 5.35. The Morgan fingerprint density at radius 1 is 1.59 bits per heavy atom. The van der Waals surface area contributed by atoms with E-state index >= 15 is 0 Å². The van der Waals surface area contributed by atoms with Crippen LogP contribution in [-0.2, 0) is 11.3 Å². The first-order valence-electron chi connectivity index (χ1n) is 5.83. The average molecular weight is 240 g/mol. The quantitative estimate of drug-likeness (QED) is 0.709. The number of nitrogens with zero attached hydrogens (tertiary/aromatic N) is 2. The van der Waals surface area contributed by atoms with Crippen LogP contribution in [0, 0.1) is 0 Å². The van der Waals surface area contributed by atoms with Gasteiger partial charge in [-0.25, -0.2) is 4.79 Å². The van der Waals surface area contributed by atoms with Crippen molar-refractivity contribution in [2.24, 2.45) is 0 Å². The summed E-state index contributed by atoms with van der Waals surface area (Å²) in [6.07, 6.45) is 3.66. The molecule has 96 valence electrons. The van der Waals surface area contributed by atoms with Crippen molar-refractivity contribution in [3.8, 4) is 0 Å². The Hall–Kier alpha value is -1.56. The predicted molar refractivity (Wildman–Crippen MR) is 66.0 cm³/mol. The molecule has 2 N–H and O–H groups in total. The van der Waals surface area contributed by atoms with Crippen molar-refractivity contribution in [3.63, 3.8) is 0 Å². The summed E-state index contributed by atoms with van der Waals surface area (Å²) in [5, 5.41) is 9.62. The largest absolute Gasteiger partial charge is 0.385 e. The smallest absolute Gasteiger partial charge is 0.320 e. The van der Waals surface area contributed by atoms with Crippen molar-refractivity contribution in [3.05, 3.63) is 12.3 Å². The standard InChI is InChI=1S/C11H20N4O2/c1-3-6-12-11(16)13-10-5-8-15(14-10)7-4-9-17-2/h5,8H,3-4,6-7,9H2,1-2H3,(H2,12,13,14,16). The zero-order valence-corrected chi connectivity index (χ0v) is 10.4. The lowest BCUT2D eigenvalue weighted by atomic mass is 10.4. The maximum absolute atomic E-state index is 11.3. The Balaban J connectivity index is 2.32. The molecular formula is C11H20N4O2. The molecule has 1 aromatic rings. The van der Waals surface area contributed by atoms with Crippen LogP contribution >= 0.6 is 0 Å². The van der Waals surface area contributed by atoms with Gasteiger partial charge in [-0.2, -0.15) is 5.10 Å². The molecule has 0 unspecified atom stereocenters. The lowest BCUT2D eigenvalue weighted by Gasteiger charge is -2.03. The van der Waals surface area contributed by atoms with E-state index in [-0.39, 0.29) is 6.03 Å². The summed E-state index contributed by atoms with van der Waals surface area (Å²) in [7, 11) is 1.67. The fourth-order valence-electron chi connectivity index (χ4n) is 1.32. The van der Waals surface area contributed by atoms with Crippen LogP contribution in [-0.4, -0.2) is 36.1 Å². The Bertz CT molecular complexity index is 338. The molecule has 1 rings (SSSR count). The molecule has 1 aromatic heterocycles. The van der Waals surface area contributed by atoms with Gasteiger partial charge in [-0.05, 0) is 12.8 Å². The van der Waals surface area contributed by atoms with Crippen LogP contribution < -0.4 is 10.6 Å². The molecule has 0 aliphatic rings. The van der Waals surface area contributed by atoms with E-state index in [0.717, 1.165) is 19.4 Å². The lowest BCUT2D eigenvalue weighted by molar-refractivity contribution is 0.189. The van der Waals surface area contributed by atoms with Gasteiger partial charge < -0.3 is 10.1 Å². The monoisotopic (exact) mass is 240 g/mol. The van der Waals surface area contributed by atoms with Gasteiger partial charge in [0.2, 0.25) is 0 Å². The highest BCUT2D eigenvalue weighted by Gasteiger charge is 2.03. The first-order chi connectivity index (χ1) is 8.26. The molecule has 6 nitrogen and oxygen atoms in total. The number of carbonyl (C=O) groups excluding carboxylic acids is 1. The van der Waals surface area contributed by atoms with Gasteiger partial charge >= 0.3 is 6.03 Å². The Kier molecular flexibility index (Phi) is 6.09. The van der Waals surface area contributed by atoms with Crippen LogP contribution in [0.25, 0.3) is 0 Å². The van der Waals surface area contributed by atoms with Gasteiger partial charge in [0.05, 0.1) is 0 Å². The summed E-state index contributed by atoms with van der Waals surface area (Å²) in [6, 6.07) is 1.56. The molecule has 0 bridgehead atoms. The van der Waals surface area contributed by atoms with E-state index in [1.807, 2.05) is 13.1 Å². The van der Waals surface area contributed by atoms with E-state index in [1.54, 1.807) is 17.9 Å². The maximum atomic E-state index is 11.3. The van der Waals surface area contributed by atoms with Gasteiger partial charge in [0.25, 0.3) is 0 Å². The first-order valence-corrected chi connectivity index (χ1v) is 5.83. The number of rotatable bonds is 7. The fraction of sp³-hybridized carbons (Fsp3) is 0.636. The number of carbonyl (C=O) groups is 1. The van der Waals surface area contributed by atoms with Crippen molar-refractivity contribution in [2.75, 3.05) is 25.6 Å². The van der Waals surface area contributed by atoms with E-state index in [0.29, 0.717) is 19.0 Å². The van der Waals surface area contributed by atoms with Gasteiger partial charge in [-0.15, -0.1) is 0 Å². The third-order valence-electron chi connectivity index (χ3n) is 2.15. The fourth-order valence-corrected chi connectivity index (χ4v) is 1.32. The number of methoxy groups -OCH3 is 1. The van der Waals surface area contributed by atoms with Crippen LogP contribution in [0.1, 0.15) is 19.8 Å². The van der Waals surface area contributed by atoms with Crippen LogP contribution in [0.15, 0.2) is 12.3 Å². The second-order valence-corrected chi connectivity index (χ2v) is 3.69. The van der Waals surface area contributed by atoms with Crippen LogP contribution in [0.2, 0.25) is 0 Å². The number of hydrogen-bond donors (Lipinski definition) is 2. The van der Waals surface area contributed by atoms with E-state index < -0.39 is 0 Å². The molecule has 17 heavy (non-hydrogen) atoms. The number of aryl methyl sites for hydroxylation is 1. The lowest BCUT2D eigenvalue weighted by Crippen LogP contribution is -2.29. The number of ether oxygens (including phenoxy) is 1. The number of aromatic nitrogens is 2. The normalized spacial score (nSPS) is 10.2. The number of nitrogens with one attached hydrogen (secondary N) is 2. The van der Waals surface area contributed by atoms with Gasteiger partial charge in [0.1, 0.15) is 0 Å². The molecule has 0 aliphatic heterocycles. The Morgan fingerprint density at radius 2 is 2.41 bits per heavy atom. The second kappa shape index (κ2) is 7.67. The van der Waals surface area contributed by atoms with Crippen molar-refractivity contribution >= 4 is 11.8 Å². The van der Waals surface area contributed by atoms with Crippen molar-refractivity contribution in [1.82, 2.24) is 15.1 Å². The highest BCUT2D eigenvalue weighted by atomic mass is 16.5. The number of hydrogen-bond acceptors (Lipinski definition) is 3. The van der Waals surface area contributed by atoms with Gasteiger partial charge in [0.15, 0.2) is 5.82 Å². The maximum Gasteiger partial charge on any atom is 0.320 e. The number of anilines is 1. The van der Waals surface area contributed by atoms with Crippen LogP contribution in [0.3, 0.4) is 0 Å². The summed E-state index contributed by atoms with van der Waals surface area (Å²) >= 11 is 0. The minimum absolute atomic E-state index is 0.214. The molecule has 0 saturated carbocycles. The molecule has 2 amide bonds. The summed E-state index contributed by atoms with van der Waals surface area (Å²) in [5.41, 5.74) is 0. The summed E-state index contributed by atoms with van der Waals surface area (Å²) < 4.78 is 6.74. The molecule has 0 atom stereocenters. The molecule has 0 radical (unpaired) electrons. The average Bonchev–Trinajstić information content (AvgIpc) is 2.74. The Labute approximate surface area is 101 Å². The summed E-state index contributed by atoms with van der Waals surface area (Å²) in [5.74, 6) is 0.566. The molecule has 0 aromatic carbocycles. The summed E-state index contributed by atoms with van der Waals surface area (Å²) in [6.45, 7) is 4.16. The SMILES string of the molecule is CCCNC(=O)Nc1ccn(CCCOC)n1. The number of urea groups is 1. The predicted octanol–water partition coefficient (Wildman–Crippen LogP) is 1.45. The molecule has 0 spiro atoms. The molecule has 6 heteroatoms. The molecule has 0 saturated heterocycles. The van der Waals surface area contributed by atoms with Crippen molar-refractivity contribution < 1.29 is 9.53 Å². The van der Waals surface area contributed by atoms with E-state index in [4.69, 9.17) is 4.74 Å². The van der Waals surface area contributed by atoms with E-state index in [9.17, 15) is 4.79 Å². The molecule has 0 aliphatic carbocycles. The zero-order chi connectivity index (χ0) is 12.5. The molecule has 0 fully saturated rings. The van der Waals surface area contributed by atoms with Gasteiger partial charge in [-0.1, -0.05) is 6.92 Å². The highest BCUT2D eigenvalue weighted by Crippen LogP contribution is 2.02. The number of amides is 2. The van der Waals surface area contributed by atoms with Crippen molar-refractivity contribution in [2.45, 2.75) is 26.3 Å². The molecule has 1 heterocycles. The van der Waals surface area contributed by atoms with Crippen LogP contribution in [0.5, 0.6) is 0 Å². The first kappa shape index (κ1) is 13.5. The highest BCUT2D eigenvalue weighted by molar-refractivity contribution is 5.88. The van der Waals surface area contributed by atoms with E-state index in [2.05, 4.69) is 15.7 Å². The minimum Gasteiger partial charge on any atom is -0.385 e. The zero-order valence-electron chi connectivity index (χ0n) is 10.4. The molecular weight excluding hydrogens is 220 g/mol.